The molecule has 1 fully saturated rings. The second kappa shape index (κ2) is 7.56. The highest BCUT2D eigenvalue weighted by atomic mass is 127. The average molecular weight is 353 g/mol. The van der Waals surface area contributed by atoms with E-state index in [0.717, 1.165) is 13.0 Å². The molecule has 0 aliphatic carbocycles. The molecule has 100 valence electrons. The quantitative estimate of drug-likeness (QED) is 0.453. The molecule has 4 unspecified atom stereocenters. The summed E-state index contributed by atoms with van der Waals surface area (Å²) in [5, 5.41) is 3.04. The Hall–Kier alpha value is 0.160. The predicted octanol–water partition coefficient (Wildman–Crippen LogP) is 2.77. The van der Waals surface area contributed by atoms with Gasteiger partial charge in [-0.25, -0.2) is 0 Å². The highest BCUT2D eigenvalue weighted by Gasteiger charge is 2.41. The molecular formula is C13H24INO2. The third-order valence-electron chi connectivity index (χ3n) is 3.65. The zero-order chi connectivity index (χ0) is 12.8. The van der Waals surface area contributed by atoms with Crippen molar-refractivity contribution in [3.8, 4) is 0 Å². The van der Waals surface area contributed by atoms with Crippen molar-refractivity contribution < 1.29 is 9.53 Å². The van der Waals surface area contributed by atoms with Crippen LogP contribution in [-0.2, 0) is 9.53 Å². The van der Waals surface area contributed by atoms with Crippen molar-refractivity contribution in [1.82, 2.24) is 5.32 Å². The van der Waals surface area contributed by atoms with Crippen molar-refractivity contribution >= 4 is 28.5 Å². The average Bonchev–Trinajstić information content (AvgIpc) is 2.53. The van der Waals surface area contributed by atoms with Crippen molar-refractivity contribution in [3.05, 3.63) is 0 Å². The molecule has 3 nitrogen and oxygen atoms in total. The van der Waals surface area contributed by atoms with E-state index in [1.807, 2.05) is 6.92 Å². The monoisotopic (exact) mass is 353 g/mol. The molecule has 0 aromatic heterocycles. The maximum Gasteiger partial charge on any atom is 0.226 e. The minimum Gasteiger partial charge on any atom is -0.374 e. The molecule has 1 aliphatic rings. The van der Waals surface area contributed by atoms with Crippen LogP contribution in [0.4, 0.5) is 0 Å². The summed E-state index contributed by atoms with van der Waals surface area (Å²) in [6.45, 7) is 6.96. The van der Waals surface area contributed by atoms with Gasteiger partial charge in [0.15, 0.2) is 0 Å². The Morgan fingerprint density at radius 2 is 1.88 bits per heavy atom. The Morgan fingerprint density at radius 3 is 2.41 bits per heavy atom. The third kappa shape index (κ3) is 4.39. The van der Waals surface area contributed by atoms with Gasteiger partial charge in [0.25, 0.3) is 0 Å². The van der Waals surface area contributed by atoms with Gasteiger partial charge in [-0.15, -0.1) is 0 Å². The van der Waals surface area contributed by atoms with Crippen LogP contribution in [0.2, 0.25) is 0 Å². The number of nitrogens with one attached hydrogen (secondary N) is 1. The SMILES string of the molecule is CC1OC(C)C(C(=O)NCCCCCI)C1C. The molecule has 1 amide bonds. The predicted molar refractivity (Wildman–Crippen MR) is 78.4 cm³/mol. The summed E-state index contributed by atoms with van der Waals surface area (Å²) in [5.74, 6) is 0.512. The van der Waals surface area contributed by atoms with Crippen LogP contribution in [0.25, 0.3) is 0 Å². The van der Waals surface area contributed by atoms with Crippen LogP contribution < -0.4 is 5.32 Å². The molecule has 1 rings (SSSR count). The maximum atomic E-state index is 12.1. The van der Waals surface area contributed by atoms with Crippen molar-refractivity contribution in [2.24, 2.45) is 11.8 Å². The summed E-state index contributed by atoms with van der Waals surface area (Å²) in [4.78, 5) is 12.1. The van der Waals surface area contributed by atoms with Gasteiger partial charge in [-0.05, 0) is 37.0 Å². The van der Waals surface area contributed by atoms with Crippen molar-refractivity contribution in [1.29, 1.82) is 0 Å². The molecule has 0 aromatic rings. The summed E-state index contributed by atoms with van der Waals surface area (Å²) in [6, 6.07) is 0. The molecular weight excluding hydrogens is 329 g/mol. The lowest BCUT2D eigenvalue weighted by atomic mass is 9.89. The van der Waals surface area contributed by atoms with Gasteiger partial charge in [0.2, 0.25) is 5.91 Å². The zero-order valence-electron chi connectivity index (χ0n) is 11.0. The fourth-order valence-electron chi connectivity index (χ4n) is 2.44. The molecule has 0 spiro atoms. The van der Waals surface area contributed by atoms with Crippen LogP contribution in [0.1, 0.15) is 40.0 Å². The third-order valence-corrected chi connectivity index (χ3v) is 4.42. The first-order valence-electron chi connectivity index (χ1n) is 6.57. The first-order valence-corrected chi connectivity index (χ1v) is 8.09. The lowest BCUT2D eigenvalue weighted by Gasteiger charge is -2.17. The Morgan fingerprint density at radius 1 is 1.18 bits per heavy atom. The van der Waals surface area contributed by atoms with E-state index < -0.39 is 0 Å². The topological polar surface area (TPSA) is 38.3 Å². The Kier molecular flexibility index (Phi) is 6.77. The maximum absolute atomic E-state index is 12.1. The molecule has 0 radical (unpaired) electrons. The molecule has 1 aliphatic heterocycles. The Balaban J connectivity index is 2.27. The van der Waals surface area contributed by atoms with E-state index >= 15 is 0 Å². The number of rotatable bonds is 6. The minimum atomic E-state index is 0.0228. The van der Waals surface area contributed by atoms with Gasteiger partial charge in [0.05, 0.1) is 18.1 Å². The summed E-state index contributed by atoms with van der Waals surface area (Å²) < 4.78 is 6.89. The number of amides is 1. The van der Waals surface area contributed by atoms with E-state index in [0.29, 0.717) is 5.92 Å². The van der Waals surface area contributed by atoms with Crippen LogP contribution in [0.5, 0.6) is 0 Å². The highest BCUT2D eigenvalue weighted by Crippen LogP contribution is 2.32. The van der Waals surface area contributed by atoms with E-state index in [-0.39, 0.29) is 24.0 Å². The Bertz CT molecular complexity index is 248. The highest BCUT2D eigenvalue weighted by molar-refractivity contribution is 14.1. The molecule has 17 heavy (non-hydrogen) atoms. The van der Waals surface area contributed by atoms with Crippen molar-refractivity contribution in [2.75, 3.05) is 11.0 Å². The number of hydrogen-bond donors (Lipinski definition) is 1. The van der Waals surface area contributed by atoms with E-state index in [1.54, 1.807) is 0 Å². The van der Waals surface area contributed by atoms with Gasteiger partial charge in [0.1, 0.15) is 0 Å². The number of unbranched alkanes of at least 4 members (excludes halogenated alkanes) is 2. The zero-order valence-corrected chi connectivity index (χ0v) is 13.2. The van der Waals surface area contributed by atoms with Crippen LogP contribution in [0.15, 0.2) is 0 Å². The van der Waals surface area contributed by atoms with Gasteiger partial charge in [-0.2, -0.15) is 0 Å². The van der Waals surface area contributed by atoms with Crippen LogP contribution in [-0.4, -0.2) is 29.1 Å². The van der Waals surface area contributed by atoms with Crippen molar-refractivity contribution in [3.63, 3.8) is 0 Å². The van der Waals surface area contributed by atoms with Gasteiger partial charge < -0.3 is 10.1 Å². The number of carbonyl (C=O) groups is 1. The first kappa shape index (κ1) is 15.2. The molecule has 1 N–H and O–H groups in total. The molecule has 1 heterocycles. The lowest BCUT2D eigenvalue weighted by Crippen LogP contribution is -2.37. The van der Waals surface area contributed by atoms with E-state index in [9.17, 15) is 4.79 Å². The summed E-state index contributed by atoms with van der Waals surface area (Å²) >= 11 is 2.39. The fourth-order valence-corrected chi connectivity index (χ4v) is 2.98. The second-order valence-corrected chi connectivity index (χ2v) is 6.05. The van der Waals surface area contributed by atoms with Crippen LogP contribution >= 0.6 is 22.6 Å². The summed E-state index contributed by atoms with van der Waals surface area (Å²) in [6.07, 6.45) is 3.77. The fraction of sp³-hybridized carbons (Fsp3) is 0.923. The standard InChI is InChI=1S/C13H24INO2/c1-9-10(2)17-11(3)12(9)13(16)15-8-6-4-5-7-14/h9-12H,4-8H2,1-3H3,(H,15,16). The van der Waals surface area contributed by atoms with E-state index in [2.05, 4.69) is 41.8 Å². The lowest BCUT2D eigenvalue weighted by molar-refractivity contribution is -0.127. The van der Waals surface area contributed by atoms with Gasteiger partial charge >= 0.3 is 0 Å². The summed E-state index contributed by atoms with van der Waals surface area (Å²) in [5.41, 5.74) is 0. The largest absolute Gasteiger partial charge is 0.374 e. The molecule has 0 bridgehead atoms. The second-order valence-electron chi connectivity index (χ2n) is 4.97. The molecule has 4 atom stereocenters. The molecule has 0 saturated carbocycles. The number of hydrogen-bond acceptors (Lipinski definition) is 2. The van der Waals surface area contributed by atoms with Crippen molar-refractivity contribution in [2.45, 2.75) is 52.2 Å². The number of ether oxygens (including phenoxy) is 1. The molecule has 0 aromatic carbocycles. The minimum absolute atomic E-state index is 0.0228. The number of alkyl halides is 1. The van der Waals surface area contributed by atoms with E-state index in [4.69, 9.17) is 4.74 Å². The number of halogens is 1. The van der Waals surface area contributed by atoms with Crippen LogP contribution in [0, 0.1) is 11.8 Å². The van der Waals surface area contributed by atoms with E-state index in [1.165, 1.54) is 17.3 Å². The number of carbonyl (C=O) groups excluding carboxylic acids is 1. The molecule has 4 heteroatoms. The van der Waals surface area contributed by atoms with Gasteiger partial charge in [0, 0.05) is 6.54 Å². The first-order chi connectivity index (χ1) is 8.07. The van der Waals surface area contributed by atoms with Crippen LogP contribution in [0.3, 0.4) is 0 Å². The normalized spacial score (nSPS) is 32.7. The van der Waals surface area contributed by atoms with Gasteiger partial charge in [-0.1, -0.05) is 35.9 Å². The molecule has 1 saturated heterocycles. The Labute approximate surface area is 118 Å². The summed E-state index contributed by atoms with van der Waals surface area (Å²) in [7, 11) is 0. The van der Waals surface area contributed by atoms with Gasteiger partial charge in [-0.3, -0.25) is 4.79 Å². The smallest absolute Gasteiger partial charge is 0.226 e.